The highest BCUT2D eigenvalue weighted by molar-refractivity contribution is 7.85. The predicted molar refractivity (Wildman–Crippen MR) is 153 cm³/mol. The summed E-state index contributed by atoms with van der Waals surface area (Å²) in [5, 5.41) is 2.63. The standard InChI is InChI=1S/C33H33OP/c1-33(2,3)31(25-15-13-19-27-17-7-4-8-18-27)30-24-14-16-26-32(30)35(34,28-20-9-5-10-21-28)29-22-11-6-12-23-29/h4-26,31H,1-3H3/b19-13+,25-15-. The third-order valence-corrected chi connectivity index (χ3v) is 9.42. The van der Waals surface area contributed by atoms with Crippen molar-refractivity contribution in [3.8, 4) is 0 Å². The highest BCUT2D eigenvalue weighted by Gasteiger charge is 2.35. The van der Waals surface area contributed by atoms with E-state index in [1.807, 2.05) is 84.9 Å². The Labute approximate surface area is 210 Å². The van der Waals surface area contributed by atoms with Crippen LogP contribution in [0.25, 0.3) is 6.08 Å². The van der Waals surface area contributed by atoms with Gasteiger partial charge in [-0.25, -0.2) is 0 Å². The molecule has 4 rings (SSSR count). The molecular formula is C33H33OP. The molecule has 0 aliphatic heterocycles. The Balaban J connectivity index is 1.84. The SMILES string of the molecule is CC(C)(C)C(/C=C\C=C\c1ccccc1)c1ccccc1P(=O)(c1ccccc1)c1ccccc1. The van der Waals surface area contributed by atoms with Crippen LogP contribution in [0.15, 0.2) is 133 Å². The molecule has 0 spiro atoms. The highest BCUT2D eigenvalue weighted by atomic mass is 31.2. The van der Waals surface area contributed by atoms with Crippen molar-refractivity contribution >= 4 is 29.1 Å². The van der Waals surface area contributed by atoms with Gasteiger partial charge in [0, 0.05) is 21.8 Å². The molecule has 2 heteroatoms. The molecule has 0 bridgehead atoms. The van der Waals surface area contributed by atoms with Crippen LogP contribution in [0.3, 0.4) is 0 Å². The molecular weight excluding hydrogens is 443 g/mol. The van der Waals surface area contributed by atoms with E-state index in [-0.39, 0.29) is 11.3 Å². The van der Waals surface area contributed by atoms with Crippen LogP contribution in [-0.2, 0) is 4.57 Å². The van der Waals surface area contributed by atoms with Crippen LogP contribution in [0.1, 0.15) is 37.8 Å². The molecule has 4 aromatic rings. The van der Waals surface area contributed by atoms with Gasteiger partial charge in [0.15, 0.2) is 7.14 Å². The summed E-state index contributed by atoms with van der Waals surface area (Å²) in [5.41, 5.74) is 2.22. The van der Waals surface area contributed by atoms with E-state index >= 15 is 4.57 Å². The molecule has 0 amide bonds. The maximum absolute atomic E-state index is 15.1. The van der Waals surface area contributed by atoms with Crippen LogP contribution < -0.4 is 15.9 Å². The van der Waals surface area contributed by atoms with E-state index in [1.54, 1.807) is 0 Å². The summed E-state index contributed by atoms with van der Waals surface area (Å²) in [7, 11) is -3.08. The van der Waals surface area contributed by atoms with Gasteiger partial charge in [-0.3, -0.25) is 0 Å². The molecule has 0 fully saturated rings. The Kier molecular flexibility index (Phi) is 7.69. The fourth-order valence-corrected chi connectivity index (χ4v) is 7.42. The zero-order valence-electron chi connectivity index (χ0n) is 20.7. The van der Waals surface area contributed by atoms with Crippen molar-refractivity contribution in [1.82, 2.24) is 0 Å². The van der Waals surface area contributed by atoms with Gasteiger partial charge < -0.3 is 4.57 Å². The van der Waals surface area contributed by atoms with E-state index in [1.165, 1.54) is 5.56 Å². The molecule has 176 valence electrons. The number of allylic oxidation sites excluding steroid dienone is 3. The van der Waals surface area contributed by atoms with Crippen LogP contribution in [-0.4, -0.2) is 0 Å². The van der Waals surface area contributed by atoms with Crippen molar-refractivity contribution in [1.29, 1.82) is 0 Å². The summed E-state index contributed by atoms with van der Waals surface area (Å²) in [6.45, 7) is 6.74. The van der Waals surface area contributed by atoms with Crippen molar-refractivity contribution in [3.63, 3.8) is 0 Å². The molecule has 1 atom stereocenters. The minimum atomic E-state index is -3.08. The van der Waals surface area contributed by atoms with Gasteiger partial charge in [-0.2, -0.15) is 0 Å². The molecule has 35 heavy (non-hydrogen) atoms. The minimum Gasteiger partial charge on any atom is -0.309 e. The molecule has 1 unspecified atom stereocenters. The topological polar surface area (TPSA) is 17.1 Å². The largest absolute Gasteiger partial charge is 0.309 e. The third kappa shape index (κ3) is 5.64. The van der Waals surface area contributed by atoms with Gasteiger partial charge in [0.25, 0.3) is 0 Å². The van der Waals surface area contributed by atoms with Crippen molar-refractivity contribution in [2.45, 2.75) is 26.7 Å². The second-order valence-corrected chi connectivity index (χ2v) is 12.6. The van der Waals surface area contributed by atoms with Crippen molar-refractivity contribution in [2.24, 2.45) is 5.41 Å². The first-order valence-corrected chi connectivity index (χ1v) is 13.8. The van der Waals surface area contributed by atoms with Crippen LogP contribution in [0.5, 0.6) is 0 Å². The van der Waals surface area contributed by atoms with Crippen molar-refractivity contribution in [2.75, 3.05) is 0 Å². The van der Waals surface area contributed by atoms with Crippen molar-refractivity contribution in [3.05, 3.63) is 145 Å². The van der Waals surface area contributed by atoms with E-state index in [9.17, 15) is 0 Å². The fourth-order valence-electron chi connectivity index (χ4n) is 4.51. The zero-order valence-corrected chi connectivity index (χ0v) is 21.6. The lowest BCUT2D eigenvalue weighted by atomic mass is 9.76. The Morgan fingerprint density at radius 1 is 0.629 bits per heavy atom. The van der Waals surface area contributed by atoms with Crippen LogP contribution in [0, 0.1) is 5.41 Å². The number of hydrogen-bond acceptors (Lipinski definition) is 1. The molecule has 1 nitrogen and oxygen atoms in total. The van der Waals surface area contributed by atoms with Gasteiger partial charge >= 0.3 is 0 Å². The van der Waals surface area contributed by atoms with Crippen LogP contribution in [0.4, 0.5) is 0 Å². The number of rotatable bonds is 7. The summed E-state index contributed by atoms with van der Waals surface area (Å²) in [6, 6.07) is 38.4. The maximum atomic E-state index is 15.1. The predicted octanol–water partition coefficient (Wildman–Crippen LogP) is 7.73. The van der Waals surface area contributed by atoms with E-state index in [0.29, 0.717) is 0 Å². The minimum absolute atomic E-state index is 0.0641. The smallest absolute Gasteiger partial charge is 0.171 e. The van der Waals surface area contributed by atoms with Gasteiger partial charge in [0.2, 0.25) is 0 Å². The molecule has 0 aliphatic rings. The van der Waals surface area contributed by atoms with Gasteiger partial charge in [-0.05, 0) is 16.5 Å². The molecule has 0 N–H and O–H groups in total. The Bertz CT molecular complexity index is 1290. The Morgan fingerprint density at radius 2 is 1.11 bits per heavy atom. The average Bonchev–Trinajstić information content (AvgIpc) is 2.89. The van der Waals surface area contributed by atoms with E-state index in [4.69, 9.17) is 0 Å². The third-order valence-electron chi connectivity index (χ3n) is 6.29. The first kappa shape index (κ1) is 24.7. The second-order valence-electron chi connectivity index (χ2n) is 9.84. The van der Waals surface area contributed by atoms with Crippen LogP contribution >= 0.6 is 7.14 Å². The summed E-state index contributed by atoms with van der Waals surface area (Å²) in [6.07, 6.45) is 8.57. The van der Waals surface area contributed by atoms with Crippen molar-refractivity contribution < 1.29 is 4.57 Å². The van der Waals surface area contributed by atoms with Gasteiger partial charge in [0.1, 0.15) is 0 Å². The molecule has 0 heterocycles. The van der Waals surface area contributed by atoms with E-state index in [2.05, 4.69) is 75.4 Å². The first-order chi connectivity index (χ1) is 16.9. The average molecular weight is 477 g/mol. The fraction of sp³-hybridized carbons (Fsp3) is 0.152. The normalized spacial score (nSPS) is 13.3. The van der Waals surface area contributed by atoms with Gasteiger partial charge in [-0.1, -0.05) is 160 Å². The van der Waals surface area contributed by atoms with E-state index in [0.717, 1.165) is 21.5 Å². The maximum Gasteiger partial charge on any atom is 0.171 e. The molecule has 0 aromatic heterocycles. The van der Waals surface area contributed by atoms with Gasteiger partial charge in [0.05, 0.1) is 0 Å². The summed E-state index contributed by atoms with van der Waals surface area (Å²) < 4.78 is 15.1. The molecule has 0 saturated heterocycles. The highest BCUT2D eigenvalue weighted by Crippen LogP contribution is 2.47. The quantitative estimate of drug-likeness (QED) is 0.197. The first-order valence-electron chi connectivity index (χ1n) is 12.1. The van der Waals surface area contributed by atoms with Crippen LogP contribution in [0.2, 0.25) is 0 Å². The lowest BCUT2D eigenvalue weighted by molar-refractivity contribution is 0.367. The lowest BCUT2D eigenvalue weighted by Crippen LogP contribution is -2.30. The summed E-state index contributed by atoms with van der Waals surface area (Å²) in [4.78, 5) is 0. The second kappa shape index (κ2) is 10.9. The van der Waals surface area contributed by atoms with Gasteiger partial charge in [-0.15, -0.1) is 0 Å². The molecule has 4 aromatic carbocycles. The lowest BCUT2D eigenvalue weighted by Gasteiger charge is -2.32. The van der Waals surface area contributed by atoms with E-state index < -0.39 is 7.14 Å². The molecule has 0 radical (unpaired) electrons. The summed E-state index contributed by atoms with van der Waals surface area (Å²) in [5.74, 6) is 0.0832. The Morgan fingerprint density at radius 3 is 1.66 bits per heavy atom. The monoisotopic (exact) mass is 476 g/mol. The molecule has 0 saturated carbocycles. The Hall–Kier alpha value is -3.41. The number of hydrogen-bond donors (Lipinski definition) is 0. The number of benzene rings is 4. The summed E-state index contributed by atoms with van der Waals surface area (Å²) >= 11 is 0. The molecule has 0 aliphatic carbocycles. The zero-order chi connectivity index (χ0) is 24.7.